The molecular formula is C18H27N3O2. The first-order valence-corrected chi connectivity index (χ1v) is 8.54. The summed E-state index contributed by atoms with van der Waals surface area (Å²) < 4.78 is 0. The molecule has 2 N–H and O–H groups in total. The van der Waals surface area contributed by atoms with Gasteiger partial charge in [-0.15, -0.1) is 0 Å². The lowest BCUT2D eigenvalue weighted by atomic mass is 9.99. The number of nitrogens with zero attached hydrogens (tertiary/aromatic N) is 2. The van der Waals surface area contributed by atoms with Crippen molar-refractivity contribution >= 4 is 11.7 Å². The minimum Gasteiger partial charge on any atom is -0.391 e. The van der Waals surface area contributed by atoms with E-state index >= 15 is 0 Å². The lowest BCUT2D eigenvalue weighted by molar-refractivity contribution is 0.113. The first-order valence-electron chi connectivity index (χ1n) is 8.54. The predicted molar refractivity (Wildman–Crippen MR) is 91.6 cm³/mol. The Morgan fingerprint density at radius 1 is 1.48 bits per heavy atom. The van der Waals surface area contributed by atoms with Crippen molar-refractivity contribution in [2.75, 3.05) is 32.1 Å². The second-order valence-corrected chi connectivity index (χ2v) is 6.93. The molecule has 2 aliphatic rings. The Hall–Kier alpha value is -1.75. The van der Waals surface area contributed by atoms with Gasteiger partial charge in [0.1, 0.15) is 0 Å². The average Bonchev–Trinajstić information content (AvgIpc) is 3.37. The zero-order chi connectivity index (χ0) is 16.4. The summed E-state index contributed by atoms with van der Waals surface area (Å²) in [4.78, 5) is 16.0. The fourth-order valence-electron chi connectivity index (χ4n) is 3.25. The van der Waals surface area contributed by atoms with E-state index in [0.29, 0.717) is 19.0 Å². The third kappa shape index (κ3) is 3.96. The number of urea groups is 1. The molecule has 1 saturated carbocycles. The Kier molecular flexibility index (Phi) is 4.76. The third-order valence-electron chi connectivity index (χ3n) is 4.91. The number of aliphatic hydroxyl groups is 1. The van der Waals surface area contributed by atoms with Crippen molar-refractivity contribution < 1.29 is 9.90 Å². The zero-order valence-electron chi connectivity index (χ0n) is 14.1. The van der Waals surface area contributed by atoms with Crippen molar-refractivity contribution in [3.05, 3.63) is 29.3 Å². The van der Waals surface area contributed by atoms with Crippen LogP contribution in [0.4, 0.5) is 10.5 Å². The Morgan fingerprint density at radius 2 is 2.26 bits per heavy atom. The molecule has 1 unspecified atom stereocenters. The number of rotatable bonds is 5. The van der Waals surface area contributed by atoms with Crippen molar-refractivity contribution in [1.29, 1.82) is 0 Å². The summed E-state index contributed by atoms with van der Waals surface area (Å²) >= 11 is 0. The number of carbonyl (C=O) groups is 1. The second-order valence-electron chi connectivity index (χ2n) is 6.93. The van der Waals surface area contributed by atoms with E-state index in [2.05, 4.69) is 35.5 Å². The van der Waals surface area contributed by atoms with Gasteiger partial charge < -0.3 is 20.2 Å². The van der Waals surface area contributed by atoms with Crippen LogP contribution in [0.25, 0.3) is 0 Å². The van der Waals surface area contributed by atoms with Gasteiger partial charge in [-0.1, -0.05) is 12.1 Å². The molecular weight excluding hydrogens is 290 g/mol. The van der Waals surface area contributed by atoms with Gasteiger partial charge in [0.05, 0.1) is 6.10 Å². The Bertz CT molecular complexity index is 571. The quantitative estimate of drug-likeness (QED) is 0.873. The SMILES string of the molecule is CN(CC(O)C1CC1)C(=O)NCc1ccc2c(c1)CCCN2C. The zero-order valence-corrected chi connectivity index (χ0v) is 14.1. The molecule has 5 heteroatoms. The van der Waals surface area contributed by atoms with Gasteiger partial charge in [0.25, 0.3) is 0 Å². The van der Waals surface area contributed by atoms with Gasteiger partial charge in [-0.3, -0.25) is 0 Å². The molecule has 23 heavy (non-hydrogen) atoms. The van der Waals surface area contributed by atoms with Crippen LogP contribution in [-0.4, -0.2) is 49.3 Å². The Morgan fingerprint density at radius 3 is 3.00 bits per heavy atom. The molecule has 1 heterocycles. The highest BCUT2D eigenvalue weighted by Crippen LogP contribution is 2.32. The largest absolute Gasteiger partial charge is 0.391 e. The van der Waals surface area contributed by atoms with Gasteiger partial charge in [-0.25, -0.2) is 4.79 Å². The molecule has 0 bridgehead atoms. The lowest BCUT2D eigenvalue weighted by Gasteiger charge is -2.28. The molecule has 3 rings (SSSR count). The van der Waals surface area contributed by atoms with Gasteiger partial charge >= 0.3 is 6.03 Å². The maximum Gasteiger partial charge on any atom is 0.317 e. The van der Waals surface area contributed by atoms with E-state index in [-0.39, 0.29) is 12.1 Å². The summed E-state index contributed by atoms with van der Waals surface area (Å²) in [5.41, 5.74) is 3.79. The summed E-state index contributed by atoms with van der Waals surface area (Å²) in [5.74, 6) is 0.392. The van der Waals surface area contributed by atoms with Crippen molar-refractivity contribution in [3.63, 3.8) is 0 Å². The molecule has 1 aliphatic heterocycles. The van der Waals surface area contributed by atoms with Crippen molar-refractivity contribution in [2.24, 2.45) is 5.92 Å². The van der Waals surface area contributed by atoms with E-state index in [1.54, 1.807) is 11.9 Å². The summed E-state index contributed by atoms with van der Waals surface area (Å²) in [6.45, 7) is 2.04. The number of carbonyl (C=O) groups excluding carboxylic acids is 1. The topological polar surface area (TPSA) is 55.8 Å². The number of benzene rings is 1. The molecule has 2 amide bonds. The molecule has 0 saturated heterocycles. The first kappa shape index (κ1) is 16.1. The van der Waals surface area contributed by atoms with Crippen LogP contribution in [-0.2, 0) is 13.0 Å². The van der Waals surface area contributed by atoms with Crippen molar-refractivity contribution in [2.45, 2.75) is 38.3 Å². The number of hydrogen-bond donors (Lipinski definition) is 2. The highest BCUT2D eigenvalue weighted by Gasteiger charge is 2.31. The number of likely N-dealkylation sites (N-methyl/N-ethyl adjacent to an activating group) is 1. The minimum absolute atomic E-state index is 0.125. The van der Waals surface area contributed by atoms with Gasteiger partial charge in [0.15, 0.2) is 0 Å². The maximum atomic E-state index is 12.1. The van der Waals surface area contributed by atoms with Gasteiger partial charge in [-0.2, -0.15) is 0 Å². The number of aryl methyl sites for hydroxylation is 1. The molecule has 1 fully saturated rings. The minimum atomic E-state index is -0.384. The molecule has 5 nitrogen and oxygen atoms in total. The molecule has 1 aromatic carbocycles. The number of amides is 2. The highest BCUT2D eigenvalue weighted by molar-refractivity contribution is 5.74. The highest BCUT2D eigenvalue weighted by atomic mass is 16.3. The predicted octanol–water partition coefficient (Wildman–Crippen LogP) is 1.98. The number of hydrogen-bond acceptors (Lipinski definition) is 3. The molecule has 126 valence electrons. The molecule has 0 radical (unpaired) electrons. The summed E-state index contributed by atoms with van der Waals surface area (Å²) in [6.07, 6.45) is 4.07. The number of nitrogens with one attached hydrogen (secondary N) is 1. The molecule has 0 aromatic heterocycles. The van der Waals surface area contributed by atoms with Crippen LogP contribution in [0.15, 0.2) is 18.2 Å². The first-order chi connectivity index (χ1) is 11.0. The lowest BCUT2D eigenvalue weighted by Crippen LogP contribution is -2.41. The van der Waals surface area contributed by atoms with E-state index in [0.717, 1.165) is 31.4 Å². The normalized spacial score (nSPS) is 18.3. The maximum absolute atomic E-state index is 12.1. The van der Waals surface area contributed by atoms with Crippen molar-refractivity contribution in [1.82, 2.24) is 10.2 Å². The van der Waals surface area contributed by atoms with E-state index < -0.39 is 0 Å². The van der Waals surface area contributed by atoms with Crippen LogP contribution >= 0.6 is 0 Å². The van der Waals surface area contributed by atoms with E-state index in [1.165, 1.54) is 17.7 Å². The van der Waals surface area contributed by atoms with Gasteiger partial charge in [0, 0.05) is 39.4 Å². The van der Waals surface area contributed by atoms with E-state index in [9.17, 15) is 9.90 Å². The number of fused-ring (bicyclic) bond motifs is 1. The fraction of sp³-hybridized carbons (Fsp3) is 0.611. The van der Waals surface area contributed by atoms with E-state index in [1.807, 2.05) is 0 Å². The number of aliphatic hydroxyl groups excluding tert-OH is 1. The Balaban J connectivity index is 1.52. The molecule has 1 atom stereocenters. The van der Waals surface area contributed by atoms with Crippen molar-refractivity contribution in [3.8, 4) is 0 Å². The summed E-state index contributed by atoms with van der Waals surface area (Å²) in [7, 11) is 3.86. The van der Waals surface area contributed by atoms with Gasteiger partial charge in [0.2, 0.25) is 0 Å². The fourth-order valence-corrected chi connectivity index (χ4v) is 3.25. The molecule has 1 aromatic rings. The monoisotopic (exact) mass is 317 g/mol. The van der Waals surface area contributed by atoms with E-state index in [4.69, 9.17) is 0 Å². The third-order valence-corrected chi connectivity index (χ3v) is 4.91. The van der Waals surface area contributed by atoms with Crippen LogP contribution in [0.2, 0.25) is 0 Å². The van der Waals surface area contributed by atoms with Crippen LogP contribution in [0.5, 0.6) is 0 Å². The second kappa shape index (κ2) is 6.79. The standard InChI is InChI=1S/C18H27N3O2/c1-20-9-3-4-15-10-13(5-8-16(15)20)11-19-18(23)21(2)12-17(22)14-6-7-14/h5,8,10,14,17,22H,3-4,6-7,9,11-12H2,1-2H3,(H,19,23). The molecule has 1 aliphatic carbocycles. The van der Waals surface area contributed by atoms with Crippen LogP contribution < -0.4 is 10.2 Å². The van der Waals surface area contributed by atoms with Crippen LogP contribution in [0.1, 0.15) is 30.4 Å². The van der Waals surface area contributed by atoms with Gasteiger partial charge in [-0.05, 0) is 48.8 Å². The van der Waals surface area contributed by atoms with Crippen LogP contribution in [0, 0.1) is 5.92 Å². The van der Waals surface area contributed by atoms with Crippen LogP contribution in [0.3, 0.4) is 0 Å². The summed E-state index contributed by atoms with van der Waals surface area (Å²) in [5, 5.41) is 12.9. The Labute approximate surface area is 138 Å². The smallest absolute Gasteiger partial charge is 0.317 e. The number of anilines is 1. The summed E-state index contributed by atoms with van der Waals surface area (Å²) in [6, 6.07) is 6.31. The average molecular weight is 317 g/mol. The molecule has 0 spiro atoms.